The molecule has 0 aromatic heterocycles. The second kappa shape index (κ2) is 4.77. The molecule has 0 saturated heterocycles. The first-order chi connectivity index (χ1) is 8.49. The van der Waals surface area contributed by atoms with E-state index in [0.717, 1.165) is 23.6 Å². The predicted octanol–water partition coefficient (Wildman–Crippen LogP) is 2.95. The fraction of sp³-hybridized carbons (Fsp3) is 0.333. The van der Waals surface area contributed by atoms with Crippen molar-refractivity contribution in [2.24, 2.45) is 0 Å². The third kappa shape index (κ3) is 2.35. The van der Waals surface area contributed by atoms with Crippen LogP contribution in [0.3, 0.4) is 0 Å². The van der Waals surface area contributed by atoms with Gasteiger partial charge in [0, 0.05) is 17.2 Å². The molecule has 94 valence electrons. The molecule has 0 heterocycles. The van der Waals surface area contributed by atoms with E-state index in [0.29, 0.717) is 23.5 Å². The van der Waals surface area contributed by atoms with Gasteiger partial charge in [0.1, 0.15) is 0 Å². The third-order valence-corrected chi connectivity index (χ3v) is 3.30. The van der Waals surface area contributed by atoms with Crippen LogP contribution in [0.25, 0.3) is 0 Å². The number of hydrogen-bond acceptors (Lipinski definition) is 2. The summed E-state index contributed by atoms with van der Waals surface area (Å²) in [5.41, 5.74) is 3.20. The fourth-order valence-electron chi connectivity index (χ4n) is 2.23. The van der Waals surface area contributed by atoms with Crippen molar-refractivity contribution in [1.82, 2.24) is 0 Å². The van der Waals surface area contributed by atoms with Crippen LogP contribution in [-0.2, 0) is 11.2 Å². The second-order valence-corrected chi connectivity index (χ2v) is 4.91. The van der Waals surface area contributed by atoms with E-state index in [1.807, 2.05) is 18.2 Å². The van der Waals surface area contributed by atoms with Crippen LogP contribution in [0.1, 0.15) is 47.7 Å². The van der Waals surface area contributed by atoms with Crippen molar-refractivity contribution < 1.29 is 14.7 Å². The van der Waals surface area contributed by atoms with Crippen LogP contribution in [0.5, 0.6) is 0 Å². The van der Waals surface area contributed by atoms with Crippen LogP contribution in [0.15, 0.2) is 29.8 Å². The molecule has 1 aromatic rings. The normalized spacial score (nSPS) is 17.1. The minimum absolute atomic E-state index is 0.138. The number of carbonyl (C=O) groups is 2. The monoisotopic (exact) mass is 244 g/mol. The molecule has 0 amide bonds. The maximum absolute atomic E-state index is 12.2. The number of carbonyl (C=O) groups excluding carboxylic acids is 1. The highest BCUT2D eigenvalue weighted by molar-refractivity contribution is 6.12. The maximum atomic E-state index is 12.2. The summed E-state index contributed by atoms with van der Waals surface area (Å²) in [5.74, 6) is -0.833. The molecule has 0 atom stereocenters. The first kappa shape index (κ1) is 12.6. The molecule has 0 aliphatic heterocycles. The number of benzene rings is 1. The van der Waals surface area contributed by atoms with Crippen molar-refractivity contribution in [2.45, 2.75) is 32.6 Å². The standard InChI is InChI=1S/C15H16O3/c1-9(2)11-5-3-10-4-6-12(8-14(16)17)15(18)13(10)7-11/h3,5,7-9H,4,6H2,1-2H3,(H,16,17)/b12-8-. The fourth-order valence-corrected chi connectivity index (χ4v) is 2.23. The SMILES string of the molecule is CC(C)c1ccc2c(c1)C(=O)/C(=C\C(=O)O)CC2. The van der Waals surface area contributed by atoms with Gasteiger partial charge in [0.2, 0.25) is 0 Å². The molecule has 1 aromatic carbocycles. The minimum Gasteiger partial charge on any atom is -0.478 e. The zero-order valence-electron chi connectivity index (χ0n) is 10.6. The number of allylic oxidation sites excluding steroid dienone is 1. The Labute approximate surface area is 106 Å². The zero-order chi connectivity index (χ0) is 13.3. The van der Waals surface area contributed by atoms with Crippen LogP contribution >= 0.6 is 0 Å². The Kier molecular flexibility index (Phi) is 3.32. The lowest BCUT2D eigenvalue weighted by molar-refractivity contribution is -0.131. The van der Waals surface area contributed by atoms with E-state index < -0.39 is 5.97 Å². The Hall–Kier alpha value is -1.90. The zero-order valence-corrected chi connectivity index (χ0v) is 10.6. The Morgan fingerprint density at radius 2 is 2.06 bits per heavy atom. The lowest BCUT2D eigenvalue weighted by Crippen LogP contribution is -2.16. The number of aliphatic carboxylic acids is 1. The molecule has 0 unspecified atom stereocenters. The van der Waals surface area contributed by atoms with Gasteiger partial charge in [-0.3, -0.25) is 4.79 Å². The number of carboxylic acids is 1. The third-order valence-electron chi connectivity index (χ3n) is 3.30. The van der Waals surface area contributed by atoms with Crippen LogP contribution in [0.2, 0.25) is 0 Å². The van der Waals surface area contributed by atoms with Gasteiger partial charge in [0.05, 0.1) is 0 Å². The first-order valence-electron chi connectivity index (χ1n) is 6.10. The van der Waals surface area contributed by atoms with E-state index in [9.17, 15) is 9.59 Å². The van der Waals surface area contributed by atoms with E-state index in [2.05, 4.69) is 13.8 Å². The van der Waals surface area contributed by atoms with Crippen molar-refractivity contribution in [3.63, 3.8) is 0 Å². The molecular weight excluding hydrogens is 228 g/mol. The summed E-state index contributed by atoms with van der Waals surface area (Å²) in [6.45, 7) is 4.14. The number of rotatable bonds is 2. The summed E-state index contributed by atoms with van der Waals surface area (Å²) in [4.78, 5) is 22.9. The summed E-state index contributed by atoms with van der Waals surface area (Å²) in [5, 5.41) is 8.75. The van der Waals surface area contributed by atoms with Gasteiger partial charge in [-0.15, -0.1) is 0 Å². The van der Waals surface area contributed by atoms with E-state index in [-0.39, 0.29) is 5.78 Å². The molecule has 0 radical (unpaired) electrons. The van der Waals surface area contributed by atoms with Gasteiger partial charge in [-0.25, -0.2) is 4.79 Å². The Morgan fingerprint density at radius 3 is 2.67 bits per heavy atom. The van der Waals surface area contributed by atoms with Gasteiger partial charge in [0.15, 0.2) is 5.78 Å². The van der Waals surface area contributed by atoms with Crippen LogP contribution in [0.4, 0.5) is 0 Å². The molecule has 0 fully saturated rings. The molecule has 0 spiro atoms. The van der Waals surface area contributed by atoms with Gasteiger partial charge in [-0.2, -0.15) is 0 Å². The Bertz CT molecular complexity index is 539. The van der Waals surface area contributed by atoms with Gasteiger partial charge < -0.3 is 5.11 Å². The summed E-state index contributed by atoms with van der Waals surface area (Å²) in [6, 6.07) is 5.93. The highest BCUT2D eigenvalue weighted by atomic mass is 16.4. The van der Waals surface area contributed by atoms with Crippen molar-refractivity contribution >= 4 is 11.8 Å². The van der Waals surface area contributed by atoms with Gasteiger partial charge in [0.25, 0.3) is 0 Å². The number of carboxylic acid groups (broad SMARTS) is 1. The van der Waals surface area contributed by atoms with E-state index in [1.54, 1.807) is 0 Å². The van der Waals surface area contributed by atoms with Crippen LogP contribution in [0, 0.1) is 0 Å². The smallest absolute Gasteiger partial charge is 0.328 e. The Morgan fingerprint density at radius 1 is 1.33 bits per heavy atom. The molecule has 3 heteroatoms. The van der Waals surface area contributed by atoms with Crippen LogP contribution in [-0.4, -0.2) is 16.9 Å². The molecule has 1 N–H and O–H groups in total. The van der Waals surface area contributed by atoms with Crippen molar-refractivity contribution in [3.05, 3.63) is 46.5 Å². The van der Waals surface area contributed by atoms with Crippen molar-refractivity contribution in [3.8, 4) is 0 Å². The molecule has 18 heavy (non-hydrogen) atoms. The lowest BCUT2D eigenvalue weighted by Gasteiger charge is -2.19. The first-order valence-corrected chi connectivity index (χ1v) is 6.10. The van der Waals surface area contributed by atoms with Crippen molar-refractivity contribution in [2.75, 3.05) is 0 Å². The average Bonchev–Trinajstić information content (AvgIpc) is 2.32. The van der Waals surface area contributed by atoms with E-state index in [1.165, 1.54) is 0 Å². The second-order valence-electron chi connectivity index (χ2n) is 4.91. The number of hydrogen-bond donors (Lipinski definition) is 1. The van der Waals surface area contributed by atoms with E-state index >= 15 is 0 Å². The lowest BCUT2D eigenvalue weighted by atomic mass is 9.84. The molecule has 0 saturated carbocycles. The van der Waals surface area contributed by atoms with Gasteiger partial charge in [-0.1, -0.05) is 26.0 Å². The molecular formula is C15H16O3. The van der Waals surface area contributed by atoms with Gasteiger partial charge >= 0.3 is 5.97 Å². The summed E-state index contributed by atoms with van der Waals surface area (Å²) >= 11 is 0. The van der Waals surface area contributed by atoms with Gasteiger partial charge in [-0.05, 0) is 36.0 Å². The number of Topliss-reactive ketones (excluding diaryl/α,β-unsaturated/α-hetero) is 1. The van der Waals surface area contributed by atoms with Crippen molar-refractivity contribution in [1.29, 1.82) is 0 Å². The molecule has 1 aliphatic rings. The molecule has 2 rings (SSSR count). The molecule has 3 nitrogen and oxygen atoms in total. The molecule has 0 bridgehead atoms. The molecule has 1 aliphatic carbocycles. The quantitative estimate of drug-likeness (QED) is 0.814. The average molecular weight is 244 g/mol. The summed E-state index contributed by atoms with van der Waals surface area (Å²) < 4.78 is 0. The summed E-state index contributed by atoms with van der Waals surface area (Å²) in [7, 11) is 0. The highest BCUT2D eigenvalue weighted by Gasteiger charge is 2.23. The maximum Gasteiger partial charge on any atom is 0.328 e. The summed E-state index contributed by atoms with van der Waals surface area (Å²) in [6.07, 6.45) is 2.28. The highest BCUT2D eigenvalue weighted by Crippen LogP contribution is 2.28. The topological polar surface area (TPSA) is 54.4 Å². The minimum atomic E-state index is -1.05. The number of fused-ring (bicyclic) bond motifs is 1. The number of aryl methyl sites for hydroxylation is 1. The largest absolute Gasteiger partial charge is 0.478 e. The Balaban J connectivity index is 2.44. The van der Waals surface area contributed by atoms with Crippen LogP contribution < -0.4 is 0 Å². The number of ketones is 1. The predicted molar refractivity (Wildman–Crippen MR) is 68.9 cm³/mol. The van der Waals surface area contributed by atoms with E-state index in [4.69, 9.17) is 5.11 Å².